The number of benzene rings is 1. The molecule has 1 saturated heterocycles. The van der Waals surface area contributed by atoms with Crippen molar-refractivity contribution < 1.29 is 14.0 Å². The average Bonchev–Trinajstić information content (AvgIpc) is 3.41. The van der Waals surface area contributed by atoms with Crippen LogP contribution in [0.3, 0.4) is 0 Å². The molecule has 1 aliphatic heterocycles. The van der Waals surface area contributed by atoms with E-state index < -0.39 is 0 Å². The topological polar surface area (TPSA) is 86.4 Å². The van der Waals surface area contributed by atoms with Gasteiger partial charge in [0.25, 0.3) is 0 Å². The molecule has 4 heterocycles. The molecule has 4 aromatic rings. The van der Waals surface area contributed by atoms with Crippen molar-refractivity contribution in [3.8, 4) is 28.3 Å². The Balaban J connectivity index is 1.36. The zero-order valence-corrected chi connectivity index (χ0v) is 21.8. The van der Waals surface area contributed by atoms with Gasteiger partial charge in [-0.15, -0.1) is 0 Å². The first kappa shape index (κ1) is 25.0. The van der Waals surface area contributed by atoms with E-state index in [1.165, 1.54) is 5.56 Å². The van der Waals surface area contributed by atoms with Crippen molar-refractivity contribution in [2.24, 2.45) is 5.92 Å². The molecule has 0 N–H and O–H groups in total. The molecule has 8 nitrogen and oxygen atoms in total. The van der Waals surface area contributed by atoms with Crippen LogP contribution in [0.5, 0.6) is 5.75 Å². The van der Waals surface area contributed by atoms with E-state index in [9.17, 15) is 0 Å². The average molecular weight is 500 g/mol. The Labute approximate surface area is 217 Å². The fourth-order valence-electron chi connectivity index (χ4n) is 4.69. The highest BCUT2D eigenvalue weighted by molar-refractivity contribution is 5.64. The highest BCUT2D eigenvalue weighted by Crippen LogP contribution is 2.39. The molecular weight excluding hydrogens is 466 g/mol. The summed E-state index contributed by atoms with van der Waals surface area (Å²) in [6.45, 7) is 10.6. The van der Waals surface area contributed by atoms with Crippen LogP contribution in [0, 0.1) is 5.92 Å². The zero-order chi connectivity index (χ0) is 25.8. The van der Waals surface area contributed by atoms with Crippen molar-refractivity contribution in [3.05, 3.63) is 78.2 Å². The van der Waals surface area contributed by atoms with Gasteiger partial charge in [0.2, 0.25) is 11.7 Å². The van der Waals surface area contributed by atoms with E-state index in [0.717, 1.165) is 54.4 Å². The minimum Gasteiger partial charge on any atom is -0.495 e. The molecular formula is C29H33N5O3. The summed E-state index contributed by atoms with van der Waals surface area (Å²) in [6, 6.07) is 14.7. The van der Waals surface area contributed by atoms with E-state index in [4.69, 9.17) is 19.0 Å². The maximum absolute atomic E-state index is 5.51. The quantitative estimate of drug-likeness (QED) is 0.335. The third kappa shape index (κ3) is 5.26. The molecule has 3 aromatic heterocycles. The predicted octanol–water partition coefficient (Wildman–Crippen LogP) is 5.00. The van der Waals surface area contributed by atoms with Gasteiger partial charge in [-0.2, -0.15) is 4.98 Å². The number of aromatic nitrogens is 4. The van der Waals surface area contributed by atoms with Crippen LogP contribution < -0.4 is 4.74 Å². The number of pyridine rings is 2. The number of morpholine rings is 1. The van der Waals surface area contributed by atoms with Crippen LogP contribution in [0.25, 0.3) is 22.5 Å². The lowest BCUT2D eigenvalue weighted by atomic mass is 9.70. The second-order valence-electron chi connectivity index (χ2n) is 9.88. The molecule has 1 atom stereocenters. The first-order valence-electron chi connectivity index (χ1n) is 12.7. The summed E-state index contributed by atoms with van der Waals surface area (Å²) in [4.78, 5) is 16.0. The minimum absolute atomic E-state index is 0.275. The fraction of sp³-hybridized carbons (Fsp3) is 0.379. The van der Waals surface area contributed by atoms with Gasteiger partial charge in [-0.25, -0.2) is 0 Å². The van der Waals surface area contributed by atoms with Crippen molar-refractivity contribution in [2.45, 2.75) is 32.7 Å². The van der Waals surface area contributed by atoms with Crippen LogP contribution in [0.4, 0.5) is 0 Å². The molecule has 1 aromatic carbocycles. The van der Waals surface area contributed by atoms with Crippen molar-refractivity contribution in [1.29, 1.82) is 0 Å². The summed E-state index contributed by atoms with van der Waals surface area (Å²) in [7, 11) is 1.65. The zero-order valence-electron chi connectivity index (χ0n) is 21.8. The Kier molecular flexibility index (Phi) is 7.30. The number of nitrogens with zero attached hydrogens (tertiary/aromatic N) is 5. The first-order chi connectivity index (χ1) is 18.0. The van der Waals surface area contributed by atoms with Crippen molar-refractivity contribution in [3.63, 3.8) is 0 Å². The second-order valence-corrected chi connectivity index (χ2v) is 9.88. The molecule has 0 bridgehead atoms. The normalized spacial score (nSPS) is 16.0. The molecule has 192 valence electrons. The number of rotatable bonds is 8. The van der Waals surface area contributed by atoms with Crippen LogP contribution >= 0.6 is 0 Å². The van der Waals surface area contributed by atoms with E-state index in [0.29, 0.717) is 24.2 Å². The number of hydrogen-bond acceptors (Lipinski definition) is 8. The molecule has 1 fully saturated rings. The Morgan fingerprint density at radius 2 is 1.73 bits per heavy atom. The first-order valence-corrected chi connectivity index (χ1v) is 12.7. The van der Waals surface area contributed by atoms with Gasteiger partial charge in [0, 0.05) is 42.0 Å². The van der Waals surface area contributed by atoms with Crippen molar-refractivity contribution in [1.82, 2.24) is 25.0 Å². The smallest absolute Gasteiger partial charge is 0.241 e. The van der Waals surface area contributed by atoms with Gasteiger partial charge in [-0.3, -0.25) is 14.9 Å². The van der Waals surface area contributed by atoms with E-state index in [1.807, 2.05) is 24.5 Å². The minimum atomic E-state index is -0.275. The van der Waals surface area contributed by atoms with Crippen LogP contribution in [0.2, 0.25) is 0 Å². The molecule has 1 aliphatic rings. The summed E-state index contributed by atoms with van der Waals surface area (Å²) < 4.78 is 16.2. The van der Waals surface area contributed by atoms with Crippen LogP contribution in [0.15, 0.2) is 65.6 Å². The van der Waals surface area contributed by atoms with E-state index in [2.05, 4.69) is 71.1 Å². The molecule has 0 amide bonds. The second kappa shape index (κ2) is 10.8. The highest BCUT2D eigenvalue weighted by Gasteiger charge is 2.34. The molecule has 0 radical (unpaired) electrons. The van der Waals surface area contributed by atoms with Crippen molar-refractivity contribution >= 4 is 0 Å². The third-order valence-corrected chi connectivity index (χ3v) is 7.41. The van der Waals surface area contributed by atoms with Crippen LogP contribution in [0.1, 0.15) is 37.9 Å². The summed E-state index contributed by atoms with van der Waals surface area (Å²) in [5.41, 5.74) is 4.88. The monoisotopic (exact) mass is 499 g/mol. The molecule has 5 rings (SSSR count). The maximum Gasteiger partial charge on any atom is 0.241 e. The van der Waals surface area contributed by atoms with Gasteiger partial charge < -0.3 is 14.0 Å². The fourth-order valence-corrected chi connectivity index (χ4v) is 4.69. The van der Waals surface area contributed by atoms with E-state index in [1.54, 1.807) is 13.3 Å². The summed E-state index contributed by atoms with van der Waals surface area (Å²) in [5, 5.41) is 4.19. The maximum atomic E-state index is 5.51. The van der Waals surface area contributed by atoms with E-state index in [-0.39, 0.29) is 5.41 Å². The SMILES string of the molecule is COc1cncc(-c2ccc(C(C)(c3ccc(-c4noc(CN5CCOCC5)n4)cn3)C(C)C)cc2)c1. The molecule has 8 heteroatoms. The molecule has 0 aliphatic carbocycles. The molecule has 1 unspecified atom stereocenters. The Bertz CT molecular complexity index is 1310. The molecule has 37 heavy (non-hydrogen) atoms. The summed E-state index contributed by atoms with van der Waals surface area (Å²) in [5.74, 6) is 2.23. The van der Waals surface area contributed by atoms with Gasteiger partial charge in [0.1, 0.15) is 5.75 Å². The standard InChI is InChI=1S/C29H33N5O3/c1-20(2)29(3,24-8-5-21(6-9-24)23-15-25(35-4)18-30-16-23)26-10-7-22(17-31-26)28-32-27(37-33-28)19-34-11-13-36-14-12-34/h5-10,15-18,20H,11-14,19H2,1-4H3. The number of hydrogen-bond donors (Lipinski definition) is 0. The lowest BCUT2D eigenvalue weighted by Crippen LogP contribution is -2.35. The Morgan fingerprint density at radius 1 is 0.973 bits per heavy atom. The van der Waals surface area contributed by atoms with Crippen LogP contribution in [-0.4, -0.2) is 58.4 Å². The lowest BCUT2D eigenvalue weighted by molar-refractivity contribution is 0.0297. The number of ether oxygens (including phenoxy) is 2. The van der Waals surface area contributed by atoms with Gasteiger partial charge in [0.05, 0.1) is 38.8 Å². The molecule has 0 saturated carbocycles. The van der Waals surface area contributed by atoms with Crippen molar-refractivity contribution in [2.75, 3.05) is 33.4 Å². The summed E-state index contributed by atoms with van der Waals surface area (Å²) in [6.07, 6.45) is 5.40. The molecule has 0 spiro atoms. The van der Waals surface area contributed by atoms with Gasteiger partial charge in [0.15, 0.2) is 0 Å². The third-order valence-electron chi connectivity index (χ3n) is 7.41. The number of methoxy groups -OCH3 is 1. The Hall–Kier alpha value is -3.62. The largest absolute Gasteiger partial charge is 0.495 e. The van der Waals surface area contributed by atoms with Crippen LogP contribution in [-0.2, 0) is 16.7 Å². The summed E-state index contributed by atoms with van der Waals surface area (Å²) >= 11 is 0. The highest BCUT2D eigenvalue weighted by atomic mass is 16.5. The van der Waals surface area contributed by atoms with Gasteiger partial charge in [-0.05, 0) is 42.2 Å². The Morgan fingerprint density at radius 3 is 2.41 bits per heavy atom. The lowest BCUT2D eigenvalue weighted by Gasteiger charge is -2.34. The predicted molar refractivity (Wildman–Crippen MR) is 141 cm³/mol. The van der Waals surface area contributed by atoms with Gasteiger partial charge >= 0.3 is 0 Å². The van der Waals surface area contributed by atoms with Gasteiger partial charge in [-0.1, -0.05) is 43.3 Å². The van der Waals surface area contributed by atoms with E-state index >= 15 is 0 Å².